The molecular weight excluding hydrogens is 464 g/mol. The summed E-state index contributed by atoms with van der Waals surface area (Å²) >= 11 is 0. The number of morpholine rings is 1. The van der Waals surface area contributed by atoms with Gasteiger partial charge in [0.05, 0.1) is 32.1 Å². The average molecular weight is 506 g/mol. The van der Waals surface area contributed by atoms with Crippen molar-refractivity contribution in [2.24, 2.45) is 12.1 Å². The number of rotatable bonds is 12. The van der Waals surface area contributed by atoms with E-state index in [1.807, 2.05) is 18.3 Å². The highest BCUT2D eigenvalue weighted by Crippen LogP contribution is 2.41. The third-order valence-corrected chi connectivity index (χ3v) is 6.73. The summed E-state index contributed by atoms with van der Waals surface area (Å²) in [5.74, 6) is 1.69. The van der Waals surface area contributed by atoms with Gasteiger partial charge in [-0.25, -0.2) is 0 Å². The fraction of sp³-hybridized carbons (Fsp3) is 0.467. The number of nitrogens with zero attached hydrogens (tertiary/aromatic N) is 4. The van der Waals surface area contributed by atoms with Crippen molar-refractivity contribution in [2.75, 3.05) is 56.5 Å². The fourth-order valence-electron chi connectivity index (χ4n) is 4.42. The highest BCUT2D eigenvalue weighted by atomic mass is 16.5. The maximum Gasteiger partial charge on any atom is 0.225 e. The van der Waals surface area contributed by atoms with Crippen LogP contribution in [0, 0.1) is 0 Å². The van der Waals surface area contributed by atoms with Gasteiger partial charge in [-0.05, 0) is 25.0 Å². The Balaban J connectivity index is 1.68. The molecule has 2 aromatic carbocycles. The maximum absolute atomic E-state index is 6.31. The lowest BCUT2D eigenvalue weighted by atomic mass is 10.2. The van der Waals surface area contributed by atoms with Gasteiger partial charge in [-0.3, -0.25) is 5.01 Å². The number of aromatic nitrogens is 1. The number of pyridine rings is 1. The summed E-state index contributed by atoms with van der Waals surface area (Å²) in [4.78, 5) is 2.33. The van der Waals surface area contributed by atoms with Crippen molar-refractivity contribution in [3.05, 3.63) is 54.2 Å². The SMILES string of the molecule is CCCCOc1cc(N(C)N=Cc2ccc3ccccc3[n+]2C)c(OCCCC)cc1N1CCOCC1. The monoisotopic (exact) mass is 505 g/mol. The average Bonchev–Trinajstić information content (AvgIpc) is 2.93. The lowest BCUT2D eigenvalue weighted by Crippen LogP contribution is -2.36. The molecule has 0 spiro atoms. The van der Waals surface area contributed by atoms with Gasteiger partial charge in [0.1, 0.15) is 30.4 Å². The molecular formula is C30H41N4O3+. The Kier molecular flexibility index (Phi) is 9.60. The van der Waals surface area contributed by atoms with E-state index in [0.717, 1.165) is 80.6 Å². The molecule has 0 amide bonds. The van der Waals surface area contributed by atoms with Crippen LogP contribution in [0.4, 0.5) is 11.4 Å². The van der Waals surface area contributed by atoms with Crippen LogP contribution in [-0.2, 0) is 11.8 Å². The Morgan fingerprint density at radius 3 is 2.41 bits per heavy atom. The molecule has 1 aliphatic rings. The van der Waals surface area contributed by atoms with Gasteiger partial charge in [-0.2, -0.15) is 9.67 Å². The van der Waals surface area contributed by atoms with E-state index in [4.69, 9.17) is 19.3 Å². The third-order valence-electron chi connectivity index (χ3n) is 6.73. The van der Waals surface area contributed by atoms with Gasteiger partial charge in [-0.1, -0.05) is 38.8 Å². The molecule has 4 rings (SSSR count). The van der Waals surface area contributed by atoms with E-state index in [0.29, 0.717) is 13.2 Å². The fourth-order valence-corrected chi connectivity index (χ4v) is 4.42. The van der Waals surface area contributed by atoms with Crippen molar-refractivity contribution >= 4 is 28.5 Å². The van der Waals surface area contributed by atoms with Crippen LogP contribution in [0.1, 0.15) is 45.2 Å². The lowest BCUT2D eigenvalue weighted by molar-refractivity contribution is -0.645. The molecule has 1 fully saturated rings. The third kappa shape index (κ3) is 6.72. The zero-order chi connectivity index (χ0) is 26.0. The predicted octanol–water partition coefficient (Wildman–Crippen LogP) is 5.33. The zero-order valence-electron chi connectivity index (χ0n) is 22.8. The summed E-state index contributed by atoms with van der Waals surface area (Å²) < 4.78 is 20.4. The summed E-state index contributed by atoms with van der Waals surface area (Å²) in [7, 11) is 4.03. The van der Waals surface area contributed by atoms with Crippen LogP contribution in [0.5, 0.6) is 11.5 Å². The van der Waals surface area contributed by atoms with E-state index in [1.165, 1.54) is 10.9 Å². The molecule has 1 saturated heterocycles. The standard InChI is InChI=1S/C30H41N4O3/c1-5-7-17-36-29-22-28(34-15-19-35-20-16-34)30(37-18-8-6-2)21-27(29)33(4)31-23-25-14-13-24-11-9-10-12-26(24)32(25)3/h9-14,21-23H,5-8,15-20H2,1-4H3/q+1. The van der Waals surface area contributed by atoms with Gasteiger partial charge in [0.2, 0.25) is 11.2 Å². The molecule has 0 unspecified atom stereocenters. The second-order valence-corrected chi connectivity index (χ2v) is 9.44. The minimum Gasteiger partial charge on any atom is -0.491 e. The molecule has 0 atom stereocenters. The molecule has 198 valence electrons. The Hall–Kier alpha value is -3.32. The summed E-state index contributed by atoms with van der Waals surface area (Å²) in [6.45, 7) is 8.81. The van der Waals surface area contributed by atoms with E-state index < -0.39 is 0 Å². The Morgan fingerprint density at radius 2 is 1.68 bits per heavy atom. The molecule has 0 bridgehead atoms. The predicted molar refractivity (Wildman–Crippen MR) is 151 cm³/mol. The maximum atomic E-state index is 6.31. The Labute approximate surface area is 221 Å². The van der Waals surface area contributed by atoms with E-state index in [9.17, 15) is 0 Å². The van der Waals surface area contributed by atoms with Gasteiger partial charge >= 0.3 is 0 Å². The second kappa shape index (κ2) is 13.3. The second-order valence-electron chi connectivity index (χ2n) is 9.44. The first kappa shape index (κ1) is 26.7. The van der Waals surface area contributed by atoms with Crippen LogP contribution in [0.25, 0.3) is 10.9 Å². The van der Waals surface area contributed by atoms with Crippen molar-refractivity contribution in [3.8, 4) is 11.5 Å². The molecule has 2 heterocycles. The van der Waals surface area contributed by atoms with Crippen LogP contribution in [-0.4, -0.2) is 52.8 Å². The topological polar surface area (TPSA) is 50.4 Å². The van der Waals surface area contributed by atoms with Gasteiger partial charge in [0.25, 0.3) is 0 Å². The Morgan fingerprint density at radius 1 is 0.973 bits per heavy atom. The van der Waals surface area contributed by atoms with E-state index in [2.05, 4.69) is 78.9 Å². The minimum atomic E-state index is 0.666. The molecule has 0 N–H and O–H groups in total. The highest BCUT2D eigenvalue weighted by molar-refractivity contribution is 5.82. The number of benzene rings is 2. The Bertz CT molecular complexity index is 1190. The largest absolute Gasteiger partial charge is 0.491 e. The summed E-state index contributed by atoms with van der Waals surface area (Å²) in [5, 5.41) is 7.90. The summed E-state index contributed by atoms with van der Waals surface area (Å²) in [6, 6.07) is 16.8. The molecule has 0 radical (unpaired) electrons. The molecule has 0 saturated carbocycles. The summed E-state index contributed by atoms with van der Waals surface area (Å²) in [6.07, 6.45) is 6.08. The number of hydrazone groups is 1. The number of hydrogen-bond donors (Lipinski definition) is 0. The number of anilines is 2. The van der Waals surface area contributed by atoms with Crippen molar-refractivity contribution in [3.63, 3.8) is 0 Å². The van der Waals surface area contributed by atoms with Gasteiger partial charge in [0, 0.05) is 49.8 Å². The molecule has 1 aromatic heterocycles. The lowest BCUT2D eigenvalue weighted by Gasteiger charge is -2.31. The van der Waals surface area contributed by atoms with Crippen LogP contribution in [0.15, 0.2) is 53.6 Å². The number of hydrogen-bond acceptors (Lipinski definition) is 6. The van der Waals surface area contributed by atoms with E-state index >= 15 is 0 Å². The van der Waals surface area contributed by atoms with Gasteiger partial charge in [-0.15, -0.1) is 0 Å². The van der Waals surface area contributed by atoms with Crippen molar-refractivity contribution < 1.29 is 18.8 Å². The quantitative estimate of drug-likeness (QED) is 0.144. The number of para-hydroxylation sites is 1. The smallest absolute Gasteiger partial charge is 0.225 e. The zero-order valence-corrected chi connectivity index (χ0v) is 22.8. The molecule has 3 aromatic rings. The van der Waals surface area contributed by atoms with Gasteiger partial charge < -0.3 is 19.1 Å². The first-order valence-electron chi connectivity index (χ1n) is 13.5. The van der Waals surface area contributed by atoms with Crippen LogP contribution in [0.3, 0.4) is 0 Å². The first-order valence-corrected chi connectivity index (χ1v) is 13.5. The van der Waals surface area contributed by atoms with E-state index in [-0.39, 0.29) is 0 Å². The summed E-state index contributed by atoms with van der Waals surface area (Å²) in [5.41, 5.74) is 4.13. The molecule has 0 aliphatic carbocycles. The number of ether oxygens (including phenoxy) is 3. The highest BCUT2D eigenvalue weighted by Gasteiger charge is 2.21. The van der Waals surface area contributed by atoms with Crippen LogP contribution >= 0.6 is 0 Å². The number of fused-ring (bicyclic) bond motifs is 1. The molecule has 37 heavy (non-hydrogen) atoms. The number of unbranched alkanes of at least 4 members (excludes halogenated alkanes) is 2. The van der Waals surface area contributed by atoms with Crippen molar-refractivity contribution in [1.29, 1.82) is 0 Å². The minimum absolute atomic E-state index is 0.666. The van der Waals surface area contributed by atoms with Crippen LogP contribution < -0.4 is 23.9 Å². The molecule has 7 nitrogen and oxygen atoms in total. The number of aryl methyl sites for hydroxylation is 1. The van der Waals surface area contributed by atoms with Crippen molar-refractivity contribution in [1.82, 2.24) is 0 Å². The van der Waals surface area contributed by atoms with Gasteiger partial charge in [0.15, 0.2) is 0 Å². The normalized spacial score (nSPS) is 13.9. The first-order chi connectivity index (χ1) is 18.1. The van der Waals surface area contributed by atoms with Crippen LogP contribution in [0.2, 0.25) is 0 Å². The van der Waals surface area contributed by atoms with Crippen molar-refractivity contribution in [2.45, 2.75) is 39.5 Å². The molecule has 7 heteroatoms. The van der Waals surface area contributed by atoms with E-state index in [1.54, 1.807) is 0 Å². The molecule has 1 aliphatic heterocycles.